The highest BCUT2D eigenvalue weighted by Gasteiger charge is 2.29. The first-order chi connectivity index (χ1) is 11.2. The second kappa shape index (κ2) is 7.04. The van der Waals surface area contributed by atoms with E-state index in [1.54, 1.807) is 7.11 Å². The molecule has 0 radical (unpaired) electrons. The number of methoxy groups -OCH3 is 1. The molecule has 2 aromatic rings. The van der Waals surface area contributed by atoms with Gasteiger partial charge in [0.2, 0.25) is 0 Å². The van der Waals surface area contributed by atoms with Crippen LogP contribution >= 0.6 is 11.6 Å². The molecule has 23 heavy (non-hydrogen) atoms. The molecule has 1 heterocycles. The van der Waals surface area contributed by atoms with Crippen molar-refractivity contribution in [2.24, 2.45) is 0 Å². The molecule has 3 nitrogen and oxygen atoms in total. The number of ether oxygens (including phenoxy) is 1. The van der Waals surface area contributed by atoms with E-state index >= 15 is 0 Å². The zero-order chi connectivity index (χ0) is 16.2. The molecule has 0 spiro atoms. The third kappa shape index (κ3) is 3.19. The van der Waals surface area contributed by atoms with Crippen LogP contribution in [0.15, 0.2) is 42.5 Å². The van der Waals surface area contributed by atoms with Crippen LogP contribution in [0.1, 0.15) is 29.0 Å². The van der Waals surface area contributed by atoms with Crippen LogP contribution in [0, 0.1) is 11.3 Å². The van der Waals surface area contributed by atoms with Gasteiger partial charge in [0.1, 0.15) is 5.75 Å². The third-order valence-electron chi connectivity index (χ3n) is 4.42. The van der Waals surface area contributed by atoms with Gasteiger partial charge < -0.3 is 10.1 Å². The number of nitrogens with one attached hydrogen (secondary N) is 1. The van der Waals surface area contributed by atoms with E-state index in [-0.39, 0.29) is 12.0 Å². The van der Waals surface area contributed by atoms with Gasteiger partial charge in [0.25, 0.3) is 0 Å². The van der Waals surface area contributed by atoms with Gasteiger partial charge in [-0.25, -0.2) is 0 Å². The van der Waals surface area contributed by atoms with Crippen molar-refractivity contribution in [2.75, 3.05) is 13.7 Å². The fourth-order valence-electron chi connectivity index (χ4n) is 3.36. The van der Waals surface area contributed by atoms with Crippen molar-refractivity contribution >= 4 is 11.6 Å². The number of halogens is 1. The average Bonchev–Trinajstić information content (AvgIpc) is 2.74. The van der Waals surface area contributed by atoms with Crippen LogP contribution in [0.5, 0.6) is 5.75 Å². The lowest BCUT2D eigenvalue weighted by Crippen LogP contribution is -2.34. The molecule has 1 aliphatic rings. The van der Waals surface area contributed by atoms with Gasteiger partial charge in [-0.3, -0.25) is 0 Å². The number of nitriles is 1. The van der Waals surface area contributed by atoms with E-state index in [9.17, 15) is 5.26 Å². The Hall–Kier alpha value is -2.02. The minimum absolute atomic E-state index is 0.0783. The molecule has 0 fully saturated rings. The molecule has 0 saturated heterocycles. The quantitative estimate of drug-likeness (QED) is 0.930. The molecule has 2 atom stereocenters. The average molecular weight is 327 g/mol. The van der Waals surface area contributed by atoms with E-state index in [2.05, 4.69) is 23.5 Å². The van der Waals surface area contributed by atoms with E-state index in [1.807, 2.05) is 30.3 Å². The van der Waals surface area contributed by atoms with Crippen LogP contribution in [0.3, 0.4) is 0 Å². The fourth-order valence-corrected chi connectivity index (χ4v) is 3.62. The van der Waals surface area contributed by atoms with E-state index in [0.29, 0.717) is 17.2 Å². The van der Waals surface area contributed by atoms with E-state index < -0.39 is 0 Å². The lowest BCUT2D eigenvalue weighted by molar-refractivity contribution is 0.413. The molecule has 0 unspecified atom stereocenters. The second-order valence-corrected chi connectivity index (χ2v) is 6.15. The molecular formula is C19H19ClN2O. The first kappa shape index (κ1) is 15.9. The highest BCUT2D eigenvalue weighted by atomic mass is 35.5. The molecule has 0 saturated carbocycles. The van der Waals surface area contributed by atoms with Gasteiger partial charge in [0.05, 0.1) is 24.6 Å². The first-order valence-corrected chi connectivity index (χ1v) is 8.14. The number of hydrogen-bond acceptors (Lipinski definition) is 3. The molecule has 118 valence electrons. The standard InChI is InChI=1S/C19H19ClN2O/c1-23-18-12-15-14(11-16(18)20)8-10-22-17(7-9-21)19(15)13-5-3-2-4-6-13/h2-6,11-12,17,19,22H,7-8,10H2,1H3/t17-,19+/m0/s1. The summed E-state index contributed by atoms with van der Waals surface area (Å²) in [6, 6.07) is 16.8. The summed E-state index contributed by atoms with van der Waals surface area (Å²) in [6.45, 7) is 0.839. The molecule has 4 heteroatoms. The number of nitrogens with zero attached hydrogens (tertiary/aromatic N) is 1. The SMILES string of the molecule is COc1cc2c(cc1Cl)CCN[C@@H](CC#N)[C@@H]2c1ccccc1. The minimum atomic E-state index is 0.0783. The maximum absolute atomic E-state index is 9.23. The van der Waals surface area contributed by atoms with E-state index in [0.717, 1.165) is 13.0 Å². The van der Waals surface area contributed by atoms with Gasteiger partial charge in [-0.05, 0) is 41.8 Å². The van der Waals surface area contributed by atoms with Crippen molar-refractivity contribution < 1.29 is 4.74 Å². The number of rotatable bonds is 3. The summed E-state index contributed by atoms with van der Waals surface area (Å²) in [6.07, 6.45) is 1.36. The first-order valence-electron chi connectivity index (χ1n) is 7.76. The lowest BCUT2D eigenvalue weighted by atomic mass is 9.82. The smallest absolute Gasteiger partial charge is 0.137 e. The van der Waals surface area contributed by atoms with Gasteiger partial charge >= 0.3 is 0 Å². The normalized spacial score (nSPS) is 20.2. The summed E-state index contributed by atoms with van der Waals surface area (Å²) < 4.78 is 5.41. The molecule has 1 N–H and O–H groups in total. The van der Waals surface area contributed by atoms with Crippen molar-refractivity contribution in [2.45, 2.75) is 24.8 Å². The number of benzene rings is 2. The largest absolute Gasteiger partial charge is 0.495 e. The maximum Gasteiger partial charge on any atom is 0.137 e. The third-order valence-corrected chi connectivity index (χ3v) is 4.72. The summed E-state index contributed by atoms with van der Waals surface area (Å²) in [5, 5.41) is 13.4. The molecule has 0 aromatic heterocycles. The van der Waals surface area contributed by atoms with Crippen LogP contribution in [0.4, 0.5) is 0 Å². The molecule has 3 rings (SSSR count). The molecule has 0 aliphatic carbocycles. The Kier molecular flexibility index (Phi) is 4.85. The Labute approximate surface area is 141 Å². The Balaban J connectivity index is 2.16. The second-order valence-electron chi connectivity index (χ2n) is 5.75. The van der Waals surface area contributed by atoms with Crippen LogP contribution in [-0.2, 0) is 6.42 Å². The summed E-state index contributed by atoms with van der Waals surface area (Å²) in [5.41, 5.74) is 3.62. The van der Waals surface area contributed by atoms with Gasteiger partial charge in [-0.15, -0.1) is 0 Å². The summed E-state index contributed by atoms with van der Waals surface area (Å²) in [4.78, 5) is 0. The zero-order valence-electron chi connectivity index (χ0n) is 13.1. The van der Waals surface area contributed by atoms with Gasteiger partial charge in [-0.2, -0.15) is 5.26 Å². The topological polar surface area (TPSA) is 45.0 Å². The molecular weight excluding hydrogens is 308 g/mol. The lowest BCUT2D eigenvalue weighted by Gasteiger charge is -2.26. The fraction of sp³-hybridized carbons (Fsp3) is 0.316. The van der Waals surface area contributed by atoms with Crippen LogP contribution in [0.2, 0.25) is 5.02 Å². The Morgan fingerprint density at radius 2 is 2.09 bits per heavy atom. The summed E-state index contributed by atoms with van der Waals surface area (Å²) in [7, 11) is 1.63. The Bertz CT molecular complexity index is 724. The number of hydrogen-bond donors (Lipinski definition) is 1. The number of fused-ring (bicyclic) bond motifs is 1. The predicted octanol–water partition coefficient (Wildman–Crippen LogP) is 3.91. The molecule has 0 amide bonds. The Morgan fingerprint density at radius 3 is 2.78 bits per heavy atom. The highest BCUT2D eigenvalue weighted by Crippen LogP contribution is 2.38. The van der Waals surface area contributed by atoms with Crippen molar-refractivity contribution in [1.29, 1.82) is 5.26 Å². The maximum atomic E-state index is 9.23. The van der Waals surface area contributed by atoms with Crippen molar-refractivity contribution in [3.8, 4) is 11.8 Å². The van der Waals surface area contributed by atoms with Crippen LogP contribution in [0.25, 0.3) is 0 Å². The molecule has 0 bridgehead atoms. The van der Waals surface area contributed by atoms with Crippen molar-refractivity contribution in [1.82, 2.24) is 5.32 Å². The summed E-state index contributed by atoms with van der Waals surface area (Å²) in [5.74, 6) is 0.795. The van der Waals surface area contributed by atoms with Crippen LogP contribution in [-0.4, -0.2) is 19.7 Å². The highest BCUT2D eigenvalue weighted by molar-refractivity contribution is 6.32. The molecule has 2 aromatic carbocycles. The Morgan fingerprint density at radius 1 is 1.30 bits per heavy atom. The predicted molar refractivity (Wildman–Crippen MR) is 92.0 cm³/mol. The van der Waals surface area contributed by atoms with Crippen LogP contribution < -0.4 is 10.1 Å². The summed E-state index contributed by atoms with van der Waals surface area (Å²) >= 11 is 6.31. The van der Waals surface area contributed by atoms with Gasteiger partial charge in [0, 0.05) is 12.0 Å². The van der Waals surface area contributed by atoms with Gasteiger partial charge in [-0.1, -0.05) is 41.9 Å². The van der Waals surface area contributed by atoms with E-state index in [1.165, 1.54) is 16.7 Å². The zero-order valence-corrected chi connectivity index (χ0v) is 13.8. The minimum Gasteiger partial charge on any atom is -0.495 e. The van der Waals surface area contributed by atoms with Crippen molar-refractivity contribution in [3.63, 3.8) is 0 Å². The molecule has 1 aliphatic heterocycles. The van der Waals surface area contributed by atoms with E-state index in [4.69, 9.17) is 16.3 Å². The monoisotopic (exact) mass is 326 g/mol. The van der Waals surface area contributed by atoms with Gasteiger partial charge in [0.15, 0.2) is 0 Å². The van der Waals surface area contributed by atoms with Crippen molar-refractivity contribution in [3.05, 3.63) is 64.2 Å².